The van der Waals surface area contributed by atoms with Crippen LogP contribution in [0.2, 0.25) is 0 Å². The average molecular weight is 309 g/mol. The molecule has 0 saturated carbocycles. The first-order valence-electron chi connectivity index (χ1n) is 6.89. The van der Waals surface area contributed by atoms with Gasteiger partial charge in [-0.1, -0.05) is 6.07 Å². The first-order valence-corrected chi connectivity index (χ1v) is 6.89. The Kier molecular flexibility index (Phi) is 6.10. The molecule has 1 aromatic rings. The molecule has 0 heterocycles. The van der Waals surface area contributed by atoms with Crippen molar-refractivity contribution in [2.75, 3.05) is 20.3 Å². The topological polar surface area (TPSA) is 77.0 Å². The number of carbonyl (C=O) groups excluding carboxylic acids is 1. The molecule has 0 aliphatic rings. The fourth-order valence-corrected chi connectivity index (χ4v) is 1.70. The fraction of sp³-hybridized carbons (Fsp3) is 0.438. The number of hydrogen-bond donors (Lipinski definition) is 2. The zero-order valence-electron chi connectivity index (χ0n) is 13.4. The van der Waals surface area contributed by atoms with Crippen LogP contribution in [0.15, 0.2) is 30.7 Å². The van der Waals surface area contributed by atoms with Crippen LogP contribution in [0.5, 0.6) is 11.5 Å². The van der Waals surface area contributed by atoms with Gasteiger partial charge in [-0.25, -0.2) is 4.79 Å². The monoisotopic (exact) mass is 309 g/mol. The Labute approximate surface area is 130 Å². The van der Waals surface area contributed by atoms with Crippen LogP contribution in [-0.4, -0.2) is 36.9 Å². The molecule has 0 fully saturated rings. The van der Waals surface area contributed by atoms with E-state index in [4.69, 9.17) is 9.47 Å². The number of phenolic OH excluding ortho intramolecular Hbond substituents is 1. The Morgan fingerprint density at radius 2 is 2.05 bits per heavy atom. The molecule has 0 amide bonds. The maximum Gasteiger partial charge on any atom is 0.345 e. The van der Waals surface area contributed by atoms with Gasteiger partial charge in [-0.05, 0) is 39.5 Å². The molecule has 0 atom stereocenters. The Bertz CT molecular complexity index is 534. The van der Waals surface area contributed by atoms with E-state index in [-0.39, 0.29) is 29.3 Å². The van der Waals surface area contributed by atoms with Gasteiger partial charge in [-0.2, -0.15) is 0 Å². The summed E-state index contributed by atoms with van der Waals surface area (Å²) in [5, 5.41) is 12.7. The van der Waals surface area contributed by atoms with Crippen LogP contribution in [0.25, 0.3) is 0 Å². The molecular formula is C16H23NO5. The van der Waals surface area contributed by atoms with E-state index in [9.17, 15) is 9.90 Å². The van der Waals surface area contributed by atoms with Crippen LogP contribution in [-0.2, 0) is 9.47 Å². The Hall–Kier alpha value is -2.37. The van der Waals surface area contributed by atoms with Gasteiger partial charge in [0.05, 0.1) is 13.7 Å². The standard InChI is InChI=1S/C16H23NO5/c1-11(22-16(2,3)4)17-9-10-21-13-8-6-7-12(18)14(13)15(19)20-5/h6-8,17-18H,1,9-10H2,2-5H3. The second kappa shape index (κ2) is 7.59. The lowest BCUT2D eigenvalue weighted by Crippen LogP contribution is -2.28. The Morgan fingerprint density at radius 1 is 1.36 bits per heavy atom. The van der Waals surface area contributed by atoms with Crippen molar-refractivity contribution in [2.24, 2.45) is 0 Å². The molecule has 0 aliphatic carbocycles. The first kappa shape index (κ1) is 17.7. The van der Waals surface area contributed by atoms with E-state index in [1.165, 1.54) is 13.2 Å². The van der Waals surface area contributed by atoms with Crippen molar-refractivity contribution >= 4 is 5.97 Å². The molecule has 0 bridgehead atoms. The average Bonchev–Trinajstić information content (AvgIpc) is 2.41. The Balaban J connectivity index is 2.54. The van der Waals surface area contributed by atoms with Crippen molar-refractivity contribution < 1.29 is 24.1 Å². The predicted molar refractivity (Wildman–Crippen MR) is 82.9 cm³/mol. The van der Waals surface area contributed by atoms with Crippen LogP contribution in [0.1, 0.15) is 31.1 Å². The summed E-state index contributed by atoms with van der Waals surface area (Å²) in [6.07, 6.45) is 0. The van der Waals surface area contributed by atoms with Crippen molar-refractivity contribution in [1.29, 1.82) is 0 Å². The Morgan fingerprint density at radius 3 is 2.64 bits per heavy atom. The highest BCUT2D eigenvalue weighted by atomic mass is 16.5. The number of methoxy groups -OCH3 is 1. The molecule has 1 aromatic carbocycles. The van der Waals surface area contributed by atoms with E-state index in [2.05, 4.69) is 16.6 Å². The third-order valence-electron chi connectivity index (χ3n) is 2.50. The van der Waals surface area contributed by atoms with E-state index in [1.807, 2.05) is 20.8 Å². The van der Waals surface area contributed by atoms with Crippen LogP contribution in [0.4, 0.5) is 0 Å². The molecule has 0 aliphatic heterocycles. The third kappa shape index (κ3) is 5.55. The van der Waals surface area contributed by atoms with E-state index < -0.39 is 5.97 Å². The number of phenols is 1. The summed E-state index contributed by atoms with van der Waals surface area (Å²) in [5.74, 6) is -0.129. The zero-order chi connectivity index (χ0) is 16.8. The largest absolute Gasteiger partial charge is 0.507 e. The molecule has 22 heavy (non-hydrogen) atoms. The minimum atomic E-state index is -0.651. The number of nitrogens with one attached hydrogen (secondary N) is 1. The van der Waals surface area contributed by atoms with Gasteiger partial charge >= 0.3 is 5.97 Å². The van der Waals surface area contributed by atoms with Gasteiger partial charge in [-0.15, -0.1) is 0 Å². The molecular weight excluding hydrogens is 286 g/mol. The quantitative estimate of drug-likeness (QED) is 0.458. The smallest absolute Gasteiger partial charge is 0.345 e. The van der Waals surface area contributed by atoms with E-state index in [1.54, 1.807) is 12.1 Å². The van der Waals surface area contributed by atoms with Gasteiger partial charge in [-0.3, -0.25) is 0 Å². The van der Waals surface area contributed by atoms with Crippen molar-refractivity contribution in [1.82, 2.24) is 5.32 Å². The molecule has 0 spiro atoms. The van der Waals surface area contributed by atoms with Gasteiger partial charge < -0.3 is 24.6 Å². The number of aromatic hydroxyl groups is 1. The number of ether oxygens (including phenoxy) is 3. The summed E-state index contributed by atoms with van der Waals surface area (Å²) < 4.78 is 15.6. The van der Waals surface area contributed by atoms with Gasteiger partial charge in [0.25, 0.3) is 0 Å². The predicted octanol–water partition coefficient (Wildman–Crippen LogP) is 2.43. The lowest BCUT2D eigenvalue weighted by molar-refractivity contribution is 0.0405. The number of rotatable bonds is 7. The summed E-state index contributed by atoms with van der Waals surface area (Å²) in [7, 11) is 1.24. The molecule has 1 rings (SSSR count). The second-order valence-corrected chi connectivity index (χ2v) is 5.55. The van der Waals surface area contributed by atoms with Crippen LogP contribution < -0.4 is 10.1 Å². The minimum Gasteiger partial charge on any atom is -0.507 e. The highest BCUT2D eigenvalue weighted by Crippen LogP contribution is 2.28. The van der Waals surface area contributed by atoms with Crippen molar-refractivity contribution in [3.8, 4) is 11.5 Å². The van der Waals surface area contributed by atoms with Gasteiger partial charge in [0.2, 0.25) is 0 Å². The van der Waals surface area contributed by atoms with Crippen LogP contribution >= 0.6 is 0 Å². The van der Waals surface area contributed by atoms with Gasteiger partial charge in [0.15, 0.2) is 5.88 Å². The number of carbonyl (C=O) groups is 1. The molecule has 2 N–H and O–H groups in total. The highest BCUT2D eigenvalue weighted by Gasteiger charge is 2.18. The van der Waals surface area contributed by atoms with Crippen molar-refractivity contribution in [3.05, 3.63) is 36.2 Å². The van der Waals surface area contributed by atoms with Crippen molar-refractivity contribution in [2.45, 2.75) is 26.4 Å². The number of hydrogen-bond acceptors (Lipinski definition) is 6. The molecule has 122 valence electrons. The zero-order valence-corrected chi connectivity index (χ0v) is 13.4. The van der Waals surface area contributed by atoms with Gasteiger partial charge in [0, 0.05) is 0 Å². The maximum absolute atomic E-state index is 11.6. The first-order chi connectivity index (χ1) is 10.2. The molecule has 0 aromatic heterocycles. The SMILES string of the molecule is C=C(NCCOc1cccc(O)c1C(=O)OC)OC(C)(C)C. The summed E-state index contributed by atoms with van der Waals surface area (Å²) in [6.45, 7) is 10.2. The van der Waals surface area contributed by atoms with Crippen LogP contribution in [0.3, 0.4) is 0 Å². The lowest BCUT2D eigenvalue weighted by Gasteiger charge is -2.23. The fourth-order valence-electron chi connectivity index (χ4n) is 1.70. The minimum absolute atomic E-state index is 0.00904. The number of benzene rings is 1. The normalized spacial score (nSPS) is 10.7. The highest BCUT2D eigenvalue weighted by molar-refractivity contribution is 5.95. The molecule has 6 heteroatoms. The molecule has 0 radical (unpaired) electrons. The lowest BCUT2D eigenvalue weighted by atomic mass is 10.2. The van der Waals surface area contributed by atoms with E-state index in [0.29, 0.717) is 12.4 Å². The summed E-state index contributed by atoms with van der Waals surface area (Å²) in [6, 6.07) is 4.58. The van der Waals surface area contributed by atoms with E-state index in [0.717, 1.165) is 0 Å². The number of esters is 1. The summed E-state index contributed by atoms with van der Waals surface area (Å²) in [4.78, 5) is 11.6. The molecule has 6 nitrogen and oxygen atoms in total. The van der Waals surface area contributed by atoms with Crippen molar-refractivity contribution in [3.63, 3.8) is 0 Å². The van der Waals surface area contributed by atoms with Gasteiger partial charge in [0.1, 0.15) is 29.3 Å². The second-order valence-electron chi connectivity index (χ2n) is 5.55. The molecule has 0 saturated heterocycles. The summed E-state index contributed by atoms with van der Waals surface area (Å²) in [5.41, 5.74) is -0.316. The summed E-state index contributed by atoms with van der Waals surface area (Å²) >= 11 is 0. The third-order valence-corrected chi connectivity index (χ3v) is 2.50. The van der Waals surface area contributed by atoms with E-state index >= 15 is 0 Å². The van der Waals surface area contributed by atoms with Crippen LogP contribution in [0, 0.1) is 0 Å². The maximum atomic E-state index is 11.6. The molecule has 0 unspecified atom stereocenters.